The summed E-state index contributed by atoms with van der Waals surface area (Å²) in [5, 5.41) is 11.3. The summed E-state index contributed by atoms with van der Waals surface area (Å²) < 4.78 is 5.54. The van der Waals surface area contributed by atoms with Crippen LogP contribution < -0.4 is 4.74 Å². The minimum Gasteiger partial charge on any atom is -0.450 e. The van der Waals surface area contributed by atoms with Crippen molar-refractivity contribution in [3.63, 3.8) is 0 Å². The Bertz CT molecular complexity index is 731. The highest BCUT2D eigenvalue weighted by Crippen LogP contribution is 2.38. The highest BCUT2D eigenvalue weighted by Gasteiger charge is 2.19. The van der Waals surface area contributed by atoms with E-state index in [1.165, 1.54) is 6.07 Å². The molecule has 2 aromatic rings. The fraction of sp³-hybridized carbons (Fsp3) is 0.0714. The van der Waals surface area contributed by atoms with E-state index in [9.17, 15) is 14.9 Å². The van der Waals surface area contributed by atoms with Gasteiger partial charge in [0, 0.05) is 17.7 Å². The highest BCUT2D eigenvalue weighted by atomic mass is 35.5. The van der Waals surface area contributed by atoms with Crippen molar-refractivity contribution >= 4 is 35.2 Å². The lowest BCUT2D eigenvalue weighted by Gasteiger charge is -2.10. The van der Waals surface area contributed by atoms with Crippen molar-refractivity contribution < 1.29 is 14.5 Å². The third kappa shape index (κ3) is 3.32. The van der Waals surface area contributed by atoms with Crippen LogP contribution in [0.5, 0.6) is 11.5 Å². The van der Waals surface area contributed by atoms with Gasteiger partial charge in [0.15, 0.2) is 0 Å². The van der Waals surface area contributed by atoms with Gasteiger partial charge in [-0.1, -0.05) is 23.2 Å². The molecule has 0 aliphatic carbocycles. The van der Waals surface area contributed by atoms with Crippen molar-refractivity contribution in [2.45, 2.75) is 6.92 Å². The number of hydrogen-bond acceptors (Lipinski definition) is 4. The lowest BCUT2D eigenvalue weighted by Crippen LogP contribution is -1.95. The molecule has 0 bridgehead atoms. The van der Waals surface area contributed by atoms with E-state index in [2.05, 4.69) is 0 Å². The van der Waals surface area contributed by atoms with E-state index in [4.69, 9.17) is 27.9 Å². The third-order valence-electron chi connectivity index (χ3n) is 2.75. The van der Waals surface area contributed by atoms with Crippen molar-refractivity contribution in [1.29, 1.82) is 0 Å². The first-order chi connectivity index (χ1) is 9.92. The summed E-state index contributed by atoms with van der Waals surface area (Å²) in [4.78, 5) is 21.1. The Labute approximate surface area is 130 Å². The number of nitrogens with zero attached hydrogens (tertiary/aromatic N) is 1. The number of ether oxygens (including phenoxy) is 1. The Kier molecular flexibility index (Phi) is 4.45. The van der Waals surface area contributed by atoms with Crippen LogP contribution in [0.25, 0.3) is 0 Å². The van der Waals surface area contributed by atoms with Crippen molar-refractivity contribution in [1.82, 2.24) is 0 Å². The van der Waals surface area contributed by atoms with Gasteiger partial charge >= 0.3 is 5.69 Å². The van der Waals surface area contributed by atoms with Crippen LogP contribution >= 0.6 is 23.2 Å². The molecule has 0 radical (unpaired) electrons. The number of halogens is 2. The average molecular weight is 326 g/mol. The maximum absolute atomic E-state index is 11.0. The Hall–Kier alpha value is -2.11. The van der Waals surface area contributed by atoms with Crippen molar-refractivity contribution in [3.8, 4) is 11.5 Å². The van der Waals surface area contributed by atoms with Gasteiger partial charge in [-0.25, -0.2) is 0 Å². The molecule has 0 aliphatic heterocycles. The molecule has 0 saturated heterocycles. The minimum absolute atomic E-state index is 0.0173. The minimum atomic E-state index is -0.604. The molecule has 0 aromatic heterocycles. The highest BCUT2D eigenvalue weighted by molar-refractivity contribution is 6.42. The van der Waals surface area contributed by atoms with Crippen LogP contribution in [0.15, 0.2) is 30.3 Å². The molecule has 0 atom stereocenters. The summed E-state index contributed by atoms with van der Waals surface area (Å²) in [5.74, 6) is 0.374. The zero-order chi connectivity index (χ0) is 15.6. The van der Waals surface area contributed by atoms with E-state index in [-0.39, 0.29) is 21.5 Å². The van der Waals surface area contributed by atoms with Gasteiger partial charge < -0.3 is 4.74 Å². The summed E-state index contributed by atoms with van der Waals surface area (Å²) in [6, 6.07) is 7.15. The van der Waals surface area contributed by atoms with Crippen molar-refractivity contribution in [2.75, 3.05) is 0 Å². The lowest BCUT2D eigenvalue weighted by molar-refractivity contribution is -0.385. The molecule has 21 heavy (non-hydrogen) atoms. The van der Waals surface area contributed by atoms with Crippen LogP contribution in [0.3, 0.4) is 0 Å². The molecule has 0 heterocycles. The summed E-state index contributed by atoms with van der Waals surface area (Å²) in [6.07, 6.45) is 0.707. The number of carbonyl (C=O) groups is 1. The molecule has 7 heteroatoms. The molecule has 0 N–H and O–H groups in total. The Morgan fingerprint density at radius 3 is 2.38 bits per heavy atom. The van der Waals surface area contributed by atoms with E-state index < -0.39 is 4.92 Å². The van der Waals surface area contributed by atoms with Crippen molar-refractivity contribution in [3.05, 3.63) is 61.6 Å². The second-order valence-corrected chi connectivity index (χ2v) is 5.05. The molecule has 0 saturated carbocycles. The monoisotopic (exact) mass is 325 g/mol. The van der Waals surface area contributed by atoms with Gasteiger partial charge in [0.25, 0.3) is 0 Å². The van der Waals surface area contributed by atoms with Gasteiger partial charge in [-0.3, -0.25) is 14.9 Å². The zero-order valence-electron chi connectivity index (χ0n) is 10.8. The van der Waals surface area contributed by atoms with Crippen LogP contribution in [-0.4, -0.2) is 11.2 Å². The molecule has 108 valence electrons. The van der Waals surface area contributed by atoms with Gasteiger partial charge in [-0.15, -0.1) is 0 Å². The molecule has 0 fully saturated rings. The molecule has 0 unspecified atom stereocenters. The molecule has 2 rings (SSSR count). The number of carbonyl (C=O) groups excluding carboxylic acids is 1. The molecule has 2 aromatic carbocycles. The Morgan fingerprint density at radius 2 is 1.81 bits per heavy atom. The average Bonchev–Trinajstić information content (AvgIpc) is 2.44. The number of aldehydes is 1. The maximum atomic E-state index is 11.0. The van der Waals surface area contributed by atoms with Crippen LogP contribution in [0.2, 0.25) is 10.0 Å². The van der Waals surface area contributed by atoms with Crippen LogP contribution in [0, 0.1) is 17.0 Å². The summed E-state index contributed by atoms with van der Waals surface area (Å²) in [7, 11) is 0. The van der Waals surface area contributed by atoms with E-state index >= 15 is 0 Å². The standard InChI is InChI=1S/C14H9Cl2NO4/c1-8-4-9(7-18)2-3-13(8)21-14-6-11(16)10(15)5-12(14)17(19)20/h2-7H,1H3. The second kappa shape index (κ2) is 6.11. The quantitative estimate of drug-likeness (QED) is 0.459. The van der Waals surface area contributed by atoms with Gasteiger partial charge in [-0.05, 0) is 30.7 Å². The van der Waals surface area contributed by atoms with Gasteiger partial charge in [-0.2, -0.15) is 0 Å². The number of rotatable bonds is 4. The molecule has 5 nitrogen and oxygen atoms in total. The van der Waals surface area contributed by atoms with E-state index in [0.717, 1.165) is 6.07 Å². The SMILES string of the molecule is Cc1cc(C=O)ccc1Oc1cc(Cl)c(Cl)cc1[N+](=O)[O-]. The number of benzene rings is 2. The predicted octanol–water partition coefficient (Wildman–Crippen LogP) is 4.81. The Balaban J connectivity index is 2.46. The Morgan fingerprint density at radius 1 is 1.14 bits per heavy atom. The summed E-state index contributed by atoms with van der Waals surface area (Å²) >= 11 is 11.6. The number of nitro benzene ring substituents is 1. The largest absolute Gasteiger partial charge is 0.450 e. The molecule has 0 amide bonds. The van der Waals surface area contributed by atoms with E-state index in [0.29, 0.717) is 23.2 Å². The normalized spacial score (nSPS) is 10.2. The van der Waals surface area contributed by atoms with Crippen molar-refractivity contribution in [2.24, 2.45) is 0 Å². The van der Waals surface area contributed by atoms with Crippen LogP contribution in [0.1, 0.15) is 15.9 Å². The molecule has 0 aliphatic rings. The molecular formula is C14H9Cl2NO4. The summed E-state index contributed by atoms with van der Waals surface area (Å²) in [6.45, 7) is 1.73. The van der Waals surface area contributed by atoms with Gasteiger partial charge in [0.05, 0.1) is 15.0 Å². The van der Waals surface area contributed by atoms with E-state index in [1.54, 1.807) is 25.1 Å². The summed E-state index contributed by atoms with van der Waals surface area (Å²) in [5.41, 5.74) is 0.867. The first-order valence-electron chi connectivity index (χ1n) is 5.79. The number of nitro groups is 1. The zero-order valence-corrected chi connectivity index (χ0v) is 12.3. The fourth-order valence-electron chi connectivity index (χ4n) is 1.72. The van der Waals surface area contributed by atoms with Gasteiger partial charge in [0.1, 0.15) is 12.0 Å². The number of hydrogen-bond donors (Lipinski definition) is 0. The first kappa shape index (κ1) is 15.3. The topological polar surface area (TPSA) is 69.4 Å². The molecule has 0 spiro atoms. The van der Waals surface area contributed by atoms with Gasteiger partial charge in [0.2, 0.25) is 5.75 Å². The lowest BCUT2D eigenvalue weighted by atomic mass is 10.1. The first-order valence-corrected chi connectivity index (χ1v) is 6.55. The molecular weight excluding hydrogens is 317 g/mol. The third-order valence-corrected chi connectivity index (χ3v) is 3.48. The number of aryl methyl sites for hydroxylation is 1. The van der Waals surface area contributed by atoms with E-state index in [1.807, 2.05) is 0 Å². The predicted molar refractivity (Wildman–Crippen MR) is 79.8 cm³/mol. The van der Waals surface area contributed by atoms with Crippen LogP contribution in [0.4, 0.5) is 5.69 Å². The fourth-order valence-corrected chi connectivity index (χ4v) is 2.03. The maximum Gasteiger partial charge on any atom is 0.313 e. The van der Waals surface area contributed by atoms with Crippen LogP contribution in [-0.2, 0) is 0 Å². The smallest absolute Gasteiger partial charge is 0.313 e. The second-order valence-electron chi connectivity index (χ2n) is 4.24.